The Morgan fingerprint density at radius 2 is 2.22 bits per heavy atom. The number of non-ortho nitro benzene ring substituents is 1. The number of hydrogen-bond donors (Lipinski definition) is 0. The van der Waals surface area contributed by atoms with Gasteiger partial charge in [0, 0.05) is 18.7 Å². The van der Waals surface area contributed by atoms with Gasteiger partial charge in [-0.15, -0.1) is 0 Å². The van der Waals surface area contributed by atoms with Crippen LogP contribution < -0.4 is 0 Å². The van der Waals surface area contributed by atoms with E-state index in [-0.39, 0.29) is 23.3 Å². The van der Waals surface area contributed by atoms with Crippen molar-refractivity contribution in [3.05, 3.63) is 34.4 Å². The average Bonchev–Trinajstić information content (AvgIpc) is 2.27. The summed E-state index contributed by atoms with van der Waals surface area (Å²) in [6.45, 7) is 0.538. The fourth-order valence-electron chi connectivity index (χ4n) is 1.40. The predicted octanol–water partition coefficient (Wildman–Crippen LogP) is 1.09. The first-order valence-corrected chi connectivity index (χ1v) is 6.65. The molecule has 1 atom stereocenters. The summed E-state index contributed by atoms with van der Waals surface area (Å²) in [6.07, 6.45) is 0.545. The third kappa shape index (κ3) is 2.84. The van der Waals surface area contributed by atoms with Crippen molar-refractivity contribution in [3.8, 4) is 0 Å². The molecule has 0 unspecified atom stereocenters. The molecule has 0 bridgehead atoms. The second-order valence-corrected chi connectivity index (χ2v) is 5.39. The van der Waals surface area contributed by atoms with Crippen LogP contribution in [0.25, 0.3) is 0 Å². The van der Waals surface area contributed by atoms with E-state index in [1.54, 1.807) is 0 Å². The highest BCUT2D eigenvalue weighted by Gasteiger charge is 2.24. The Hall–Kier alpha value is -1.51. The molecule has 0 radical (unpaired) electrons. The minimum Gasteiger partial charge on any atom is -0.376 e. The summed E-state index contributed by atoms with van der Waals surface area (Å²) >= 11 is 0. The molecule has 0 spiro atoms. The minimum atomic E-state index is -3.97. The number of ether oxygens (including phenoxy) is 1. The van der Waals surface area contributed by atoms with E-state index in [0.29, 0.717) is 6.61 Å². The molecule has 1 aliphatic heterocycles. The van der Waals surface area contributed by atoms with Crippen LogP contribution in [0.4, 0.5) is 5.69 Å². The highest BCUT2D eigenvalue weighted by atomic mass is 32.2. The van der Waals surface area contributed by atoms with Crippen LogP contribution >= 0.6 is 0 Å². The van der Waals surface area contributed by atoms with E-state index in [0.717, 1.165) is 12.5 Å². The van der Waals surface area contributed by atoms with Gasteiger partial charge in [-0.05, 0) is 12.5 Å². The van der Waals surface area contributed by atoms with Gasteiger partial charge in [-0.2, -0.15) is 8.42 Å². The number of hydrogen-bond acceptors (Lipinski definition) is 6. The van der Waals surface area contributed by atoms with E-state index in [1.165, 1.54) is 18.2 Å². The zero-order chi connectivity index (χ0) is 13.2. The first-order chi connectivity index (χ1) is 8.49. The maximum absolute atomic E-state index is 11.8. The topological polar surface area (TPSA) is 95.7 Å². The summed E-state index contributed by atoms with van der Waals surface area (Å²) in [4.78, 5) is 9.67. The predicted molar refractivity (Wildman–Crippen MR) is 60.6 cm³/mol. The Bertz CT molecular complexity index is 551. The largest absolute Gasteiger partial charge is 0.376 e. The Morgan fingerprint density at radius 3 is 2.78 bits per heavy atom. The zero-order valence-electron chi connectivity index (χ0n) is 9.31. The molecule has 0 aromatic heterocycles. The summed E-state index contributed by atoms with van der Waals surface area (Å²) < 4.78 is 33.3. The third-order valence-corrected chi connectivity index (χ3v) is 3.80. The molecule has 0 N–H and O–H groups in total. The van der Waals surface area contributed by atoms with Crippen molar-refractivity contribution in [2.75, 3.05) is 13.2 Å². The van der Waals surface area contributed by atoms with E-state index in [1.807, 2.05) is 0 Å². The lowest BCUT2D eigenvalue weighted by Gasteiger charge is -2.25. The lowest BCUT2D eigenvalue weighted by atomic mass is 10.2. The Kier molecular flexibility index (Phi) is 3.60. The molecule has 1 aliphatic rings. The number of benzene rings is 1. The molecule has 1 heterocycles. The SMILES string of the molecule is O=[N+]([O-])c1cccc(S(=O)(=O)OC[C@H]2CCO2)c1. The molecule has 0 amide bonds. The molecule has 1 aromatic carbocycles. The third-order valence-electron chi connectivity index (χ3n) is 2.52. The van der Waals surface area contributed by atoms with Crippen LogP contribution in [0.2, 0.25) is 0 Å². The van der Waals surface area contributed by atoms with E-state index in [9.17, 15) is 18.5 Å². The summed E-state index contributed by atoms with van der Waals surface area (Å²) in [5, 5.41) is 10.6. The van der Waals surface area contributed by atoms with Crippen molar-refractivity contribution < 1.29 is 22.3 Å². The first-order valence-electron chi connectivity index (χ1n) is 5.24. The monoisotopic (exact) mass is 273 g/mol. The molecule has 1 saturated heterocycles. The molecule has 1 fully saturated rings. The van der Waals surface area contributed by atoms with Crippen molar-refractivity contribution in [3.63, 3.8) is 0 Å². The smallest absolute Gasteiger partial charge is 0.297 e. The number of nitrogens with zero attached hydrogens (tertiary/aromatic N) is 1. The van der Waals surface area contributed by atoms with Crippen LogP contribution in [0.3, 0.4) is 0 Å². The van der Waals surface area contributed by atoms with E-state index in [2.05, 4.69) is 0 Å². The normalized spacial score (nSPS) is 19.2. The highest BCUT2D eigenvalue weighted by Crippen LogP contribution is 2.20. The Morgan fingerprint density at radius 1 is 1.50 bits per heavy atom. The van der Waals surface area contributed by atoms with Gasteiger partial charge in [0.1, 0.15) is 4.90 Å². The maximum Gasteiger partial charge on any atom is 0.297 e. The molecular weight excluding hydrogens is 262 g/mol. The van der Waals surface area contributed by atoms with Gasteiger partial charge in [-0.25, -0.2) is 0 Å². The second-order valence-electron chi connectivity index (χ2n) is 3.77. The van der Waals surface area contributed by atoms with Crippen LogP contribution in [0.5, 0.6) is 0 Å². The molecule has 0 aliphatic carbocycles. The Labute approximate surface area is 104 Å². The van der Waals surface area contributed by atoms with Crippen molar-refractivity contribution in [1.82, 2.24) is 0 Å². The summed E-state index contributed by atoms with van der Waals surface area (Å²) in [7, 11) is -3.97. The van der Waals surface area contributed by atoms with Gasteiger partial charge in [0.05, 0.1) is 17.6 Å². The Balaban J connectivity index is 2.12. The van der Waals surface area contributed by atoms with Crippen molar-refractivity contribution in [2.45, 2.75) is 17.4 Å². The quantitative estimate of drug-likeness (QED) is 0.452. The van der Waals surface area contributed by atoms with E-state index in [4.69, 9.17) is 8.92 Å². The van der Waals surface area contributed by atoms with Gasteiger partial charge < -0.3 is 4.74 Å². The van der Waals surface area contributed by atoms with Gasteiger partial charge >= 0.3 is 0 Å². The van der Waals surface area contributed by atoms with Gasteiger partial charge in [0.25, 0.3) is 15.8 Å². The van der Waals surface area contributed by atoms with Crippen LogP contribution in [0.15, 0.2) is 29.2 Å². The van der Waals surface area contributed by atoms with Crippen LogP contribution in [-0.4, -0.2) is 32.7 Å². The second kappa shape index (κ2) is 5.01. The molecule has 1 aromatic rings. The molecule has 0 saturated carbocycles. The van der Waals surface area contributed by atoms with Gasteiger partial charge in [0.2, 0.25) is 0 Å². The lowest BCUT2D eigenvalue weighted by Crippen LogP contribution is -2.32. The van der Waals surface area contributed by atoms with Crippen LogP contribution in [-0.2, 0) is 19.0 Å². The lowest BCUT2D eigenvalue weighted by molar-refractivity contribution is -0.385. The summed E-state index contributed by atoms with van der Waals surface area (Å²) in [5.74, 6) is 0. The molecule has 18 heavy (non-hydrogen) atoms. The molecule has 98 valence electrons. The first kappa shape index (κ1) is 12.9. The van der Waals surface area contributed by atoms with Crippen molar-refractivity contribution in [2.24, 2.45) is 0 Å². The van der Waals surface area contributed by atoms with E-state index < -0.39 is 15.0 Å². The van der Waals surface area contributed by atoms with Gasteiger partial charge in [-0.1, -0.05) is 6.07 Å². The fourth-order valence-corrected chi connectivity index (χ4v) is 2.38. The van der Waals surface area contributed by atoms with Gasteiger partial charge in [0.15, 0.2) is 0 Å². The van der Waals surface area contributed by atoms with Crippen LogP contribution in [0.1, 0.15) is 6.42 Å². The summed E-state index contributed by atoms with van der Waals surface area (Å²) in [6, 6.07) is 4.74. The standard InChI is InChI=1S/C10H11NO6S/c12-11(13)8-2-1-3-10(6-8)18(14,15)17-7-9-4-5-16-9/h1-3,6,9H,4-5,7H2/t9-/m1/s1. The molecule has 8 heteroatoms. The van der Waals surface area contributed by atoms with Crippen molar-refractivity contribution >= 4 is 15.8 Å². The average molecular weight is 273 g/mol. The zero-order valence-corrected chi connectivity index (χ0v) is 10.1. The number of nitro benzene ring substituents is 1. The number of nitro groups is 1. The molecule has 2 rings (SSSR count). The van der Waals surface area contributed by atoms with Crippen molar-refractivity contribution in [1.29, 1.82) is 0 Å². The number of rotatable bonds is 5. The van der Waals surface area contributed by atoms with Gasteiger partial charge in [-0.3, -0.25) is 14.3 Å². The maximum atomic E-state index is 11.8. The summed E-state index contributed by atoms with van der Waals surface area (Å²) in [5.41, 5.74) is -0.292. The van der Waals surface area contributed by atoms with Crippen LogP contribution in [0, 0.1) is 10.1 Å². The molecular formula is C10H11NO6S. The fraction of sp³-hybridized carbons (Fsp3) is 0.400. The van der Waals surface area contributed by atoms with E-state index >= 15 is 0 Å². The molecule has 7 nitrogen and oxygen atoms in total. The minimum absolute atomic E-state index is 0.0645. The highest BCUT2D eigenvalue weighted by molar-refractivity contribution is 7.86.